The second-order valence-electron chi connectivity index (χ2n) is 4.07. The summed E-state index contributed by atoms with van der Waals surface area (Å²) in [5.74, 6) is 6.42. The smallest absolute Gasteiger partial charge is 0.133 e. The molecule has 6 heteroatoms. The molecule has 0 saturated carbocycles. The highest BCUT2D eigenvalue weighted by Gasteiger charge is 2.12. The minimum atomic E-state index is -0.00389. The zero-order valence-electron chi connectivity index (χ0n) is 10.5. The maximum atomic E-state index is 5.61. The fourth-order valence-electron chi connectivity index (χ4n) is 1.85. The minimum Gasteiger partial charge on any atom is -0.496 e. The van der Waals surface area contributed by atoms with Crippen molar-refractivity contribution in [1.82, 2.24) is 15.6 Å². The lowest BCUT2D eigenvalue weighted by atomic mass is 10.0. The number of hydrogen-bond acceptors (Lipinski definition) is 5. The predicted octanol–water partition coefficient (Wildman–Crippen LogP) is 1.99. The van der Waals surface area contributed by atoms with Gasteiger partial charge in [0, 0.05) is 6.20 Å². The minimum absolute atomic E-state index is 0.00389. The molecule has 0 spiro atoms. The maximum Gasteiger partial charge on any atom is 0.133 e. The average molecular weight is 323 g/mol. The van der Waals surface area contributed by atoms with E-state index in [-0.39, 0.29) is 6.04 Å². The molecule has 100 valence electrons. The molecule has 5 nitrogen and oxygen atoms in total. The molecule has 0 radical (unpaired) electrons. The molecular weight excluding hydrogens is 308 g/mol. The predicted molar refractivity (Wildman–Crippen MR) is 76.5 cm³/mol. The molecule has 0 aliphatic heterocycles. The number of benzene rings is 1. The van der Waals surface area contributed by atoms with Crippen LogP contribution in [0.25, 0.3) is 0 Å². The van der Waals surface area contributed by atoms with Crippen LogP contribution in [0.3, 0.4) is 0 Å². The summed E-state index contributed by atoms with van der Waals surface area (Å²) in [6.07, 6.45) is 4.12. The molecule has 3 N–H and O–H groups in total. The molecule has 1 aromatic heterocycles. The highest BCUT2D eigenvalue weighted by atomic mass is 79.9. The van der Waals surface area contributed by atoms with Crippen molar-refractivity contribution in [3.63, 3.8) is 0 Å². The van der Waals surface area contributed by atoms with Crippen LogP contribution in [-0.4, -0.2) is 17.3 Å². The maximum absolute atomic E-state index is 5.61. The zero-order chi connectivity index (χ0) is 13.7. The number of halogens is 1. The summed E-state index contributed by atoms with van der Waals surface area (Å²) >= 11 is 3.48. The molecule has 2 aromatic rings. The van der Waals surface area contributed by atoms with E-state index in [9.17, 15) is 0 Å². The van der Waals surface area contributed by atoms with Crippen LogP contribution in [0.2, 0.25) is 0 Å². The highest BCUT2D eigenvalue weighted by Crippen LogP contribution is 2.27. The van der Waals surface area contributed by atoms with Crippen molar-refractivity contribution in [3.05, 3.63) is 52.3 Å². The summed E-state index contributed by atoms with van der Waals surface area (Å²) in [4.78, 5) is 0. The van der Waals surface area contributed by atoms with Gasteiger partial charge < -0.3 is 4.74 Å². The SMILES string of the molecule is COc1ccc(CC(NN)c2ccnnc2)cc1Br. The Bertz CT molecular complexity index is 535. The molecule has 0 saturated heterocycles. The van der Waals surface area contributed by atoms with Crippen molar-refractivity contribution in [2.45, 2.75) is 12.5 Å². The van der Waals surface area contributed by atoms with Crippen LogP contribution in [0.5, 0.6) is 5.75 Å². The van der Waals surface area contributed by atoms with Crippen LogP contribution in [-0.2, 0) is 6.42 Å². The van der Waals surface area contributed by atoms with Crippen molar-refractivity contribution < 1.29 is 4.74 Å². The Morgan fingerprint density at radius 1 is 1.37 bits per heavy atom. The number of aromatic nitrogens is 2. The van der Waals surface area contributed by atoms with Crippen molar-refractivity contribution >= 4 is 15.9 Å². The van der Waals surface area contributed by atoms with Crippen LogP contribution in [0, 0.1) is 0 Å². The quantitative estimate of drug-likeness (QED) is 0.650. The summed E-state index contributed by atoms with van der Waals surface area (Å²) in [5, 5.41) is 7.63. The van der Waals surface area contributed by atoms with E-state index in [1.165, 1.54) is 0 Å². The van der Waals surface area contributed by atoms with E-state index in [2.05, 4.69) is 31.6 Å². The van der Waals surface area contributed by atoms with E-state index in [1.807, 2.05) is 24.3 Å². The van der Waals surface area contributed by atoms with Gasteiger partial charge in [-0.1, -0.05) is 6.07 Å². The van der Waals surface area contributed by atoms with Gasteiger partial charge in [-0.2, -0.15) is 10.2 Å². The van der Waals surface area contributed by atoms with E-state index < -0.39 is 0 Å². The van der Waals surface area contributed by atoms with Crippen LogP contribution in [0.4, 0.5) is 0 Å². The summed E-state index contributed by atoms with van der Waals surface area (Å²) in [7, 11) is 1.65. The Hall–Kier alpha value is -1.50. The first-order valence-electron chi connectivity index (χ1n) is 5.79. The molecule has 2 rings (SSSR count). The molecule has 0 amide bonds. The summed E-state index contributed by atoms with van der Waals surface area (Å²) < 4.78 is 6.14. The van der Waals surface area contributed by atoms with E-state index in [1.54, 1.807) is 19.5 Å². The molecule has 19 heavy (non-hydrogen) atoms. The lowest BCUT2D eigenvalue weighted by Gasteiger charge is -2.16. The fraction of sp³-hybridized carbons (Fsp3) is 0.231. The van der Waals surface area contributed by atoms with E-state index in [0.717, 1.165) is 27.8 Å². The molecule has 0 bridgehead atoms. The lowest BCUT2D eigenvalue weighted by Crippen LogP contribution is -2.29. The molecule has 1 atom stereocenters. The van der Waals surface area contributed by atoms with Crippen LogP contribution in [0.1, 0.15) is 17.2 Å². The number of rotatable bonds is 5. The molecule has 1 aromatic carbocycles. The topological polar surface area (TPSA) is 73.1 Å². The second kappa shape index (κ2) is 6.60. The number of ether oxygens (including phenoxy) is 1. The molecule has 1 unspecified atom stereocenters. The van der Waals surface area contributed by atoms with Crippen molar-refractivity contribution in [3.8, 4) is 5.75 Å². The highest BCUT2D eigenvalue weighted by molar-refractivity contribution is 9.10. The van der Waals surface area contributed by atoms with Gasteiger partial charge in [0.25, 0.3) is 0 Å². The van der Waals surface area contributed by atoms with E-state index in [4.69, 9.17) is 10.6 Å². The Morgan fingerprint density at radius 3 is 2.79 bits per heavy atom. The summed E-state index contributed by atoms with van der Waals surface area (Å²) in [6, 6.07) is 7.87. The monoisotopic (exact) mass is 322 g/mol. The van der Waals surface area contributed by atoms with Gasteiger partial charge in [-0.25, -0.2) is 0 Å². The van der Waals surface area contributed by atoms with Crippen LogP contribution in [0.15, 0.2) is 41.1 Å². The molecule has 0 aliphatic carbocycles. The first-order valence-corrected chi connectivity index (χ1v) is 6.59. The van der Waals surface area contributed by atoms with Crippen LogP contribution >= 0.6 is 15.9 Å². The first-order chi connectivity index (χ1) is 9.24. The van der Waals surface area contributed by atoms with Gasteiger partial charge >= 0.3 is 0 Å². The van der Waals surface area contributed by atoms with Crippen LogP contribution < -0.4 is 16.0 Å². The molecule has 0 fully saturated rings. The number of hydrogen-bond donors (Lipinski definition) is 2. The normalized spacial score (nSPS) is 12.2. The van der Waals surface area contributed by atoms with Crippen molar-refractivity contribution in [1.29, 1.82) is 0 Å². The molecule has 0 aliphatic rings. The fourth-order valence-corrected chi connectivity index (χ4v) is 2.44. The molecule has 1 heterocycles. The number of nitrogens with zero attached hydrogens (tertiary/aromatic N) is 2. The largest absolute Gasteiger partial charge is 0.496 e. The summed E-state index contributed by atoms with van der Waals surface area (Å²) in [6.45, 7) is 0. The van der Waals surface area contributed by atoms with E-state index >= 15 is 0 Å². The van der Waals surface area contributed by atoms with Gasteiger partial charge in [0.2, 0.25) is 0 Å². The Balaban J connectivity index is 2.17. The van der Waals surface area contributed by atoms with Crippen molar-refractivity contribution in [2.24, 2.45) is 5.84 Å². The van der Waals surface area contributed by atoms with Gasteiger partial charge in [0.15, 0.2) is 0 Å². The third-order valence-corrected chi connectivity index (χ3v) is 3.49. The van der Waals surface area contributed by atoms with Crippen molar-refractivity contribution in [2.75, 3.05) is 7.11 Å². The van der Waals surface area contributed by atoms with Gasteiger partial charge in [-0.15, -0.1) is 0 Å². The standard InChI is InChI=1S/C13H15BrN4O/c1-19-13-3-2-9(6-11(13)14)7-12(18-15)10-4-5-16-17-8-10/h2-6,8,12,18H,7,15H2,1H3. The third kappa shape index (κ3) is 3.50. The Labute approximate surface area is 120 Å². The first kappa shape index (κ1) is 13.9. The summed E-state index contributed by atoms with van der Waals surface area (Å²) in [5.41, 5.74) is 4.95. The Kier molecular flexibility index (Phi) is 4.84. The average Bonchev–Trinajstić information content (AvgIpc) is 2.46. The van der Waals surface area contributed by atoms with Gasteiger partial charge in [0.05, 0.1) is 23.8 Å². The van der Waals surface area contributed by atoms with Gasteiger partial charge in [0.1, 0.15) is 5.75 Å². The number of hydrazine groups is 1. The second-order valence-corrected chi connectivity index (χ2v) is 4.92. The third-order valence-electron chi connectivity index (χ3n) is 2.87. The Morgan fingerprint density at radius 2 is 2.21 bits per heavy atom. The molecular formula is C13H15BrN4O. The number of methoxy groups -OCH3 is 1. The number of nitrogens with one attached hydrogen (secondary N) is 1. The van der Waals surface area contributed by atoms with E-state index in [0.29, 0.717) is 0 Å². The number of nitrogens with two attached hydrogens (primary N) is 1. The lowest BCUT2D eigenvalue weighted by molar-refractivity contribution is 0.412. The zero-order valence-corrected chi connectivity index (χ0v) is 12.1. The van der Waals surface area contributed by atoms with Gasteiger partial charge in [-0.3, -0.25) is 11.3 Å². The van der Waals surface area contributed by atoms with Gasteiger partial charge in [-0.05, 0) is 51.7 Å².